The van der Waals surface area contributed by atoms with Crippen LogP contribution in [0, 0.1) is 12.7 Å². The van der Waals surface area contributed by atoms with Gasteiger partial charge in [0.05, 0.1) is 5.69 Å². The van der Waals surface area contributed by atoms with Crippen molar-refractivity contribution in [2.75, 3.05) is 11.3 Å². The molecule has 4 rings (SSSR count). The molecule has 1 aromatic heterocycles. The second-order valence-electron chi connectivity index (χ2n) is 6.13. The van der Waals surface area contributed by atoms with Crippen molar-refractivity contribution in [1.29, 1.82) is 0 Å². The molecule has 25 heavy (non-hydrogen) atoms. The summed E-state index contributed by atoms with van der Waals surface area (Å²) in [5, 5.41) is 3.93. The molecule has 0 unspecified atom stereocenters. The van der Waals surface area contributed by atoms with E-state index in [4.69, 9.17) is 0 Å². The van der Waals surface area contributed by atoms with Crippen LogP contribution >= 0.6 is 11.3 Å². The molecule has 2 heterocycles. The van der Waals surface area contributed by atoms with E-state index in [0.29, 0.717) is 16.6 Å². The van der Waals surface area contributed by atoms with Crippen molar-refractivity contribution >= 4 is 37.1 Å². The normalized spacial score (nSPS) is 14.5. The van der Waals surface area contributed by atoms with Crippen LogP contribution in [0.2, 0.25) is 0 Å². The Morgan fingerprint density at radius 3 is 2.92 bits per heavy atom. The summed E-state index contributed by atoms with van der Waals surface area (Å²) >= 11 is 1.17. The molecule has 2 aromatic carbocycles. The fourth-order valence-corrected chi connectivity index (χ4v) is 6.09. The van der Waals surface area contributed by atoms with Gasteiger partial charge < -0.3 is 5.32 Å². The van der Waals surface area contributed by atoms with Gasteiger partial charge in [-0.15, -0.1) is 11.3 Å². The summed E-state index contributed by atoms with van der Waals surface area (Å²) in [6.07, 6.45) is 0.782. The molecule has 0 bridgehead atoms. The monoisotopic (exact) mass is 376 g/mol. The van der Waals surface area contributed by atoms with Crippen molar-refractivity contribution in [3.05, 3.63) is 58.9 Å². The highest BCUT2D eigenvalue weighted by Gasteiger charge is 2.24. The van der Waals surface area contributed by atoms with Crippen molar-refractivity contribution in [3.63, 3.8) is 0 Å². The zero-order chi connectivity index (χ0) is 17.6. The highest BCUT2D eigenvalue weighted by molar-refractivity contribution is 7.94. The van der Waals surface area contributed by atoms with E-state index in [1.807, 2.05) is 12.1 Å². The molecule has 130 valence electrons. The minimum atomic E-state index is -3.73. The molecule has 0 aliphatic carbocycles. The van der Waals surface area contributed by atoms with Crippen molar-refractivity contribution in [2.24, 2.45) is 0 Å². The third-order valence-electron chi connectivity index (χ3n) is 4.48. The molecule has 1 aliphatic heterocycles. The number of hydrogen-bond donors (Lipinski definition) is 2. The van der Waals surface area contributed by atoms with Gasteiger partial charge in [0.25, 0.3) is 10.0 Å². The molecule has 0 fully saturated rings. The van der Waals surface area contributed by atoms with Gasteiger partial charge in [-0.2, -0.15) is 0 Å². The SMILES string of the molecule is Cc1c(S(=O)(=O)Nc2cccc3c2CCNC3)sc2ccc(F)cc12. The highest BCUT2D eigenvalue weighted by Crippen LogP contribution is 2.36. The van der Waals surface area contributed by atoms with Crippen LogP contribution in [0.1, 0.15) is 16.7 Å². The molecule has 0 saturated heterocycles. The van der Waals surface area contributed by atoms with Crippen molar-refractivity contribution < 1.29 is 12.8 Å². The van der Waals surface area contributed by atoms with Crippen molar-refractivity contribution in [3.8, 4) is 0 Å². The Balaban J connectivity index is 1.77. The lowest BCUT2D eigenvalue weighted by molar-refractivity contribution is 0.602. The summed E-state index contributed by atoms with van der Waals surface area (Å²) in [7, 11) is -3.73. The van der Waals surface area contributed by atoms with Gasteiger partial charge in [0.15, 0.2) is 0 Å². The number of thiophene rings is 1. The Labute approximate surface area is 149 Å². The van der Waals surface area contributed by atoms with Gasteiger partial charge in [-0.25, -0.2) is 12.8 Å². The van der Waals surface area contributed by atoms with Crippen molar-refractivity contribution in [2.45, 2.75) is 24.1 Å². The van der Waals surface area contributed by atoms with E-state index in [9.17, 15) is 12.8 Å². The number of benzene rings is 2. The molecular weight excluding hydrogens is 359 g/mol. The van der Waals surface area contributed by atoms with E-state index < -0.39 is 10.0 Å². The molecule has 4 nitrogen and oxygen atoms in total. The summed E-state index contributed by atoms with van der Waals surface area (Å²) in [5.41, 5.74) is 3.36. The summed E-state index contributed by atoms with van der Waals surface area (Å²) in [4.78, 5) is 0. The third-order valence-corrected chi connectivity index (χ3v) is 7.74. The number of anilines is 1. The van der Waals surface area contributed by atoms with Crippen LogP contribution in [0.25, 0.3) is 10.1 Å². The third kappa shape index (κ3) is 2.92. The number of sulfonamides is 1. The van der Waals surface area contributed by atoms with Crippen LogP contribution in [-0.4, -0.2) is 15.0 Å². The molecule has 0 amide bonds. The van der Waals surface area contributed by atoms with Crippen LogP contribution in [-0.2, 0) is 23.0 Å². The van der Waals surface area contributed by atoms with Crippen LogP contribution < -0.4 is 10.0 Å². The lowest BCUT2D eigenvalue weighted by atomic mass is 9.99. The van der Waals surface area contributed by atoms with Crippen LogP contribution in [0.5, 0.6) is 0 Å². The Morgan fingerprint density at radius 2 is 2.08 bits per heavy atom. The Bertz CT molecular complexity index is 1070. The summed E-state index contributed by atoms with van der Waals surface area (Å²) in [5.74, 6) is -0.366. The smallest absolute Gasteiger partial charge is 0.271 e. The van der Waals surface area contributed by atoms with Crippen LogP contribution in [0.3, 0.4) is 0 Å². The quantitative estimate of drug-likeness (QED) is 0.731. The maximum atomic E-state index is 13.5. The number of fused-ring (bicyclic) bond motifs is 2. The number of hydrogen-bond acceptors (Lipinski definition) is 4. The average molecular weight is 376 g/mol. The standard InChI is InChI=1S/C18H17FN2O2S2/c1-11-15-9-13(19)5-6-17(15)24-18(11)25(22,23)21-16-4-2-3-12-10-20-8-7-14(12)16/h2-6,9,20-21H,7-8,10H2,1H3. The molecule has 1 aliphatic rings. The maximum Gasteiger partial charge on any atom is 0.271 e. The lowest BCUT2D eigenvalue weighted by Gasteiger charge is -2.20. The molecule has 0 radical (unpaired) electrons. The minimum absolute atomic E-state index is 0.236. The Morgan fingerprint density at radius 1 is 1.24 bits per heavy atom. The van der Waals surface area contributed by atoms with Gasteiger partial charge in [0, 0.05) is 11.2 Å². The van der Waals surface area contributed by atoms with Crippen LogP contribution in [0.4, 0.5) is 10.1 Å². The maximum absolute atomic E-state index is 13.5. The number of halogens is 1. The zero-order valence-corrected chi connectivity index (χ0v) is 15.2. The van der Waals surface area contributed by atoms with Gasteiger partial charge >= 0.3 is 0 Å². The van der Waals surface area contributed by atoms with Gasteiger partial charge in [-0.05, 0) is 66.2 Å². The first-order chi connectivity index (χ1) is 12.0. The molecule has 0 spiro atoms. The molecule has 2 N–H and O–H groups in total. The predicted molar refractivity (Wildman–Crippen MR) is 99.2 cm³/mol. The zero-order valence-electron chi connectivity index (χ0n) is 13.6. The van der Waals surface area contributed by atoms with Gasteiger partial charge in [0.2, 0.25) is 0 Å². The molecule has 0 atom stereocenters. The summed E-state index contributed by atoms with van der Waals surface area (Å²) in [6.45, 7) is 3.29. The molecule has 0 saturated carbocycles. The van der Waals surface area contributed by atoms with Crippen LogP contribution in [0.15, 0.2) is 40.6 Å². The lowest BCUT2D eigenvalue weighted by Crippen LogP contribution is -2.25. The number of rotatable bonds is 3. The summed E-state index contributed by atoms with van der Waals surface area (Å²) < 4.78 is 43.1. The van der Waals surface area contributed by atoms with E-state index in [1.54, 1.807) is 19.1 Å². The fraction of sp³-hybridized carbons (Fsp3) is 0.222. The number of nitrogens with one attached hydrogen (secondary N) is 2. The van der Waals surface area contributed by atoms with Gasteiger partial charge in [0.1, 0.15) is 10.0 Å². The van der Waals surface area contributed by atoms with E-state index in [0.717, 1.165) is 35.3 Å². The Hall–Kier alpha value is -1.96. The first-order valence-corrected chi connectivity index (χ1v) is 10.3. The molecule has 3 aromatic rings. The first kappa shape index (κ1) is 16.5. The molecule has 7 heteroatoms. The van der Waals surface area contributed by atoms with E-state index in [-0.39, 0.29) is 10.0 Å². The largest absolute Gasteiger partial charge is 0.312 e. The predicted octanol–water partition coefficient (Wildman–Crippen LogP) is 3.80. The Kier molecular flexibility index (Phi) is 4.02. The van der Waals surface area contributed by atoms with Gasteiger partial charge in [-0.3, -0.25) is 4.72 Å². The highest BCUT2D eigenvalue weighted by atomic mass is 32.2. The fourth-order valence-electron chi connectivity index (χ4n) is 3.25. The van der Waals surface area contributed by atoms with E-state index in [2.05, 4.69) is 10.0 Å². The van der Waals surface area contributed by atoms with Gasteiger partial charge in [-0.1, -0.05) is 12.1 Å². The molecular formula is C18H17FN2O2S2. The second-order valence-corrected chi connectivity index (χ2v) is 9.06. The first-order valence-electron chi connectivity index (χ1n) is 7.99. The minimum Gasteiger partial charge on any atom is -0.312 e. The second kappa shape index (κ2) is 6.09. The average Bonchev–Trinajstić information content (AvgIpc) is 2.92. The van der Waals surface area contributed by atoms with E-state index >= 15 is 0 Å². The van der Waals surface area contributed by atoms with Crippen molar-refractivity contribution in [1.82, 2.24) is 5.32 Å². The topological polar surface area (TPSA) is 58.2 Å². The number of aryl methyl sites for hydroxylation is 1. The van der Waals surface area contributed by atoms with E-state index in [1.165, 1.54) is 23.5 Å². The summed E-state index contributed by atoms with van der Waals surface area (Å²) in [6, 6.07) is 10.0.